The molecular weight excluding hydrogens is 396 g/mol. The zero-order chi connectivity index (χ0) is 22.7. The van der Waals surface area contributed by atoms with Crippen molar-refractivity contribution in [2.45, 2.75) is 90.4 Å². The summed E-state index contributed by atoms with van der Waals surface area (Å²) in [5.74, 6) is -0.331. The third-order valence-electron chi connectivity index (χ3n) is 5.04. The molecule has 0 spiro atoms. The summed E-state index contributed by atoms with van der Waals surface area (Å²) in [7, 11) is -1.22. The quantitative estimate of drug-likeness (QED) is 0.218. The Morgan fingerprint density at radius 2 is 1.83 bits per heavy atom. The molecule has 0 amide bonds. The molecule has 5 nitrogen and oxygen atoms in total. The number of H-pyrrole nitrogens is 1. The molecule has 0 fully saturated rings. The largest absolute Gasteiger partial charge is 0.461 e. The summed E-state index contributed by atoms with van der Waals surface area (Å²) in [6, 6.07) is -0.129. The summed E-state index contributed by atoms with van der Waals surface area (Å²) < 4.78 is 21.1. The van der Waals surface area contributed by atoms with Crippen LogP contribution >= 0.6 is 0 Å². The molecule has 2 atom stereocenters. The van der Waals surface area contributed by atoms with E-state index in [4.69, 9.17) is 4.74 Å². The van der Waals surface area contributed by atoms with Crippen LogP contribution in [0.2, 0.25) is 0 Å². The second-order valence-corrected chi connectivity index (χ2v) is 10.5. The number of hydrogen-bond acceptors (Lipinski definition) is 3. The van der Waals surface area contributed by atoms with Gasteiger partial charge in [0.05, 0.1) is 28.4 Å². The monoisotopic (exact) mass is 436 g/mol. The maximum absolute atomic E-state index is 12.9. The highest BCUT2D eigenvalue weighted by atomic mass is 32.2. The fourth-order valence-electron chi connectivity index (χ4n) is 3.32. The third-order valence-corrected chi connectivity index (χ3v) is 6.65. The second kappa shape index (κ2) is 12.9. The van der Waals surface area contributed by atoms with Gasteiger partial charge < -0.3 is 9.72 Å². The molecule has 0 saturated carbocycles. The molecule has 1 aromatic rings. The lowest BCUT2D eigenvalue weighted by Gasteiger charge is -2.24. The van der Waals surface area contributed by atoms with Gasteiger partial charge in [-0.05, 0) is 84.3 Å². The Balaban J connectivity index is 3.28. The van der Waals surface area contributed by atoms with E-state index in [1.807, 2.05) is 46.8 Å². The van der Waals surface area contributed by atoms with Gasteiger partial charge in [0.15, 0.2) is 0 Å². The Labute approximate surface area is 185 Å². The number of esters is 1. The van der Waals surface area contributed by atoms with Crippen molar-refractivity contribution in [3.8, 4) is 0 Å². The van der Waals surface area contributed by atoms with Crippen LogP contribution in [0.15, 0.2) is 25.3 Å². The number of allylic oxidation sites excluding steroid dienone is 2. The highest BCUT2D eigenvalue weighted by Crippen LogP contribution is 2.30. The lowest BCUT2D eigenvalue weighted by Crippen LogP contribution is -2.36. The lowest BCUT2D eigenvalue weighted by atomic mass is 9.99. The van der Waals surface area contributed by atoms with Crippen LogP contribution in [0, 0.1) is 6.92 Å². The third kappa shape index (κ3) is 7.88. The first-order valence-electron chi connectivity index (χ1n) is 11.0. The summed E-state index contributed by atoms with van der Waals surface area (Å²) in [6.45, 7) is 17.6. The molecule has 0 aliphatic heterocycles. The second-order valence-electron chi connectivity index (χ2n) is 8.54. The van der Waals surface area contributed by atoms with Crippen molar-refractivity contribution in [1.82, 2.24) is 9.71 Å². The van der Waals surface area contributed by atoms with Crippen molar-refractivity contribution in [1.29, 1.82) is 0 Å². The molecule has 170 valence electrons. The Morgan fingerprint density at radius 3 is 2.40 bits per heavy atom. The van der Waals surface area contributed by atoms with Crippen molar-refractivity contribution < 1.29 is 13.7 Å². The maximum atomic E-state index is 12.9. The van der Waals surface area contributed by atoms with E-state index in [1.165, 1.54) is 0 Å². The highest BCUT2D eigenvalue weighted by molar-refractivity contribution is 7.84. The van der Waals surface area contributed by atoms with Gasteiger partial charge in [0.1, 0.15) is 5.69 Å². The first kappa shape index (κ1) is 26.4. The van der Waals surface area contributed by atoms with Crippen LogP contribution in [0.4, 0.5) is 0 Å². The van der Waals surface area contributed by atoms with Gasteiger partial charge in [-0.3, -0.25) is 0 Å². The number of nitrogens with one attached hydrogen (secondary N) is 2. The molecule has 0 bridgehead atoms. The number of aromatic amines is 1. The smallest absolute Gasteiger partial charge is 0.355 e. The number of carbonyl (C=O) groups is 1. The standard InChI is InChI=1S/C24H40N2O3S/c1-8-11-13-15-17-20(26-30(28)24(5,6)7)21-18(4)19(16-14-12-9-2)22(25-21)23(27)29-10-3/h8-9,20,25-26H,1-2,10-17H2,3-7H3. The van der Waals surface area contributed by atoms with Crippen LogP contribution < -0.4 is 4.72 Å². The number of carbonyl (C=O) groups excluding carboxylic acids is 1. The SMILES string of the molecule is C=CCCCCC(NS(=O)C(C)(C)C)c1[nH]c(C(=O)OCC)c(CCCC=C)c1C. The predicted molar refractivity (Wildman–Crippen MR) is 127 cm³/mol. The molecule has 0 aliphatic carbocycles. The summed E-state index contributed by atoms with van der Waals surface area (Å²) in [5, 5.41) is 0. The number of rotatable bonds is 14. The minimum Gasteiger partial charge on any atom is -0.461 e. The number of unbranched alkanes of at least 4 members (excludes halogenated alkanes) is 3. The molecule has 30 heavy (non-hydrogen) atoms. The summed E-state index contributed by atoms with van der Waals surface area (Å²) in [5.41, 5.74) is 3.50. The maximum Gasteiger partial charge on any atom is 0.355 e. The van der Waals surface area contributed by atoms with Crippen molar-refractivity contribution in [2.75, 3.05) is 6.61 Å². The molecule has 2 N–H and O–H groups in total. The molecule has 0 aromatic carbocycles. The predicted octanol–water partition coefficient (Wildman–Crippen LogP) is 5.85. The molecule has 1 rings (SSSR count). The Morgan fingerprint density at radius 1 is 1.20 bits per heavy atom. The topological polar surface area (TPSA) is 71.2 Å². The van der Waals surface area contributed by atoms with Crippen molar-refractivity contribution in [2.24, 2.45) is 0 Å². The highest BCUT2D eigenvalue weighted by Gasteiger charge is 2.28. The summed E-state index contributed by atoms with van der Waals surface area (Å²) in [6.07, 6.45) is 10.2. The Kier molecular flexibility index (Phi) is 11.3. The van der Waals surface area contributed by atoms with Gasteiger partial charge >= 0.3 is 5.97 Å². The Bertz CT molecular complexity index is 732. The van der Waals surface area contributed by atoms with Gasteiger partial charge in [-0.2, -0.15) is 0 Å². The minimum atomic E-state index is -1.22. The van der Waals surface area contributed by atoms with Gasteiger partial charge in [0.25, 0.3) is 0 Å². The molecule has 2 unspecified atom stereocenters. The molecule has 6 heteroatoms. The zero-order valence-electron chi connectivity index (χ0n) is 19.4. The first-order chi connectivity index (χ1) is 14.2. The van der Waals surface area contributed by atoms with E-state index in [0.29, 0.717) is 12.3 Å². The van der Waals surface area contributed by atoms with Crippen LogP contribution in [0.25, 0.3) is 0 Å². The molecule has 0 saturated heterocycles. The number of hydrogen-bond donors (Lipinski definition) is 2. The van der Waals surface area contributed by atoms with Gasteiger partial charge in [-0.25, -0.2) is 13.7 Å². The minimum absolute atomic E-state index is 0.129. The fraction of sp³-hybridized carbons (Fsp3) is 0.625. The van der Waals surface area contributed by atoms with Crippen LogP contribution in [-0.2, 0) is 22.1 Å². The van der Waals surface area contributed by atoms with Crippen LogP contribution in [-0.4, -0.2) is 26.5 Å². The van der Waals surface area contributed by atoms with Crippen molar-refractivity contribution in [3.63, 3.8) is 0 Å². The molecular formula is C24H40N2O3S. The first-order valence-corrected chi connectivity index (χ1v) is 12.1. The average Bonchev–Trinajstić information content (AvgIpc) is 3.00. The number of aromatic nitrogens is 1. The van der Waals surface area contributed by atoms with Crippen LogP contribution in [0.5, 0.6) is 0 Å². The van der Waals surface area contributed by atoms with Gasteiger partial charge in [-0.15, -0.1) is 13.2 Å². The Hall–Kier alpha value is -1.66. The average molecular weight is 437 g/mol. The van der Waals surface area contributed by atoms with Crippen LogP contribution in [0.3, 0.4) is 0 Å². The van der Waals surface area contributed by atoms with E-state index in [0.717, 1.165) is 61.8 Å². The van der Waals surface area contributed by atoms with E-state index in [1.54, 1.807) is 0 Å². The molecule has 0 aliphatic rings. The fourth-order valence-corrected chi connectivity index (χ4v) is 4.17. The van der Waals surface area contributed by atoms with Crippen molar-refractivity contribution >= 4 is 17.0 Å². The van der Waals surface area contributed by atoms with Gasteiger partial charge in [0.2, 0.25) is 0 Å². The van der Waals surface area contributed by atoms with Crippen LogP contribution in [0.1, 0.15) is 99.6 Å². The van der Waals surface area contributed by atoms with E-state index in [9.17, 15) is 9.00 Å². The lowest BCUT2D eigenvalue weighted by molar-refractivity contribution is 0.0518. The zero-order valence-corrected chi connectivity index (χ0v) is 20.3. The van der Waals surface area contributed by atoms with Crippen molar-refractivity contribution in [3.05, 3.63) is 47.8 Å². The summed E-state index contributed by atoms with van der Waals surface area (Å²) >= 11 is 0. The van der Waals surface area contributed by atoms with E-state index < -0.39 is 11.0 Å². The number of ether oxygens (including phenoxy) is 1. The molecule has 0 radical (unpaired) electrons. The van der Waals surface area contributed by atoms with Gasteiger partial charge in [-0.1, -0.05) is 18.6 Å². The van der Waals surface area contributed by atoms with E-state index in [2.05, 4.69) is 22.9 Å². The van der Waals surface area contributed by atoms with Gasteiger partial charge in [0, 0.05) is 5.69 Å². The molecule has 1 heterocycles. The van der Waals surface area contributed by atoms with E-state index in [-0.39, 0.29) is 16.8 Å². The van der Waals surface area contributed by atoms with E-state index >= 15 is 0 Å². The summed E-state index contributed by atoms with van der Waals surface area (Å²) in [4.78, 5) is 15.9. The molecule has 1 aromatic heterocycles. The normalized spacial score (nSPS) is 13.6.